The summed E-state index contributed by atoms with van der Waals surface area (Å²) in [6.45, 7) is 14.4. The summed E-state index contributed by atoms with van der Waals surface area (Å²) in [7, 11) is 0. The SMILES string of the molecule is C=CCCCOC(=O)[C@@H]1[C@@H]2CC(C)C3(S2)C(C(=O)N(CC=C)c2cc(C)ccc2C)N(CCCO)C(=O)[C@H]13. The van der Waals surface area contributed by atoms with Crippen LogP contribution in [0, 0.1) is 31.6 Å². The van der Waals surface area contributed by atoms with Crippen LogP contribution in [0.5, 0.6) is 0 Å². The molecule has 206 valence electrons. The number of aryl methyl sites for hydroxylation is 2. The maximum atomic E-state index is 14.6. The third-order valence-electron chi connectivity index (χ3n) is 8.34. The molecule has 3 aliphatic heterocycles. The van der Waals surface area contributed by atoms with Gasteiger partial charge in [-0.1, -0.05) is 31.2 Å². The molecular weight excluding hydrogens is 500 g/mol. The van der Waals surface area contributed by atoms with Gasteiger partial charge in [0.25, 0.3) is 5.91 Å². The Kier molecular flexibility index (Phi) is 8.72. The van der Waals surface area contributed by atoms with Crippen molar-refractivity contribution in [1.29, 1.82) is 0 Å². The van der Waals surface area contributed by atoms with E-state index < -0.39 is 22.6 Å². The molecule has 2 bridgehead atoms. The number of aliphatic hydroxyl groups is 1. The molecule has 1 aromatic carbocycles. The Hall–Kier alpha value is -2.58. The highest BCUT2D eigenvalue weighted by Crippen LogP contribution is 2.68. The zero-order valence-electron chi connectivity index (χ0n) is 22.7. The molecule has 0 saturated carbocycles. The lowest BCUT2D eigenvalue weighted by Gasteiger charge is -2.40. The molecule has 4 rings (SSSR count). The van der Waals surface area contributed by atoms with Crippen LogP contribution < -0.4 is 4.90 Å². The Labute approximate surface area is 230 Å². The van der Waals surface area contributed by atoms with Crippen molar-refractivity contribution in [2.45, 2.75) is 62.5 Å². The van der Waals surface area contributed by atoms with E-state index in [0.717, 1.165) is 29.7 Å². The van der Waals surface area contributed by atoms with Gasteiger partial charge in [-0.3, -0.25) is 14.4 Å². The van der Waals surface area contributed by atoms with E-state index >= 15 is 0 Å². The molecule has 0 radical (unpaired) electrons. The number of allylic oxidation sites excluding steroid dienone is 1. The zero-order chi connectivity index (χ0) is 27.6. The van der Waals surface area contributed by atoms with Crippen molar-refractivity contribution in [3.8, 4) is 0 Å². The number of anilines is 1. The van der Waals surface area contributed by atoms with Gasteiger partial charge in [-0.2, -0.15) is 0 Å². The van der Waals surface area contributed by atoms with E-state index in [-0.39, 0.29) is 42.1 Å². The Morgan fingerprint density at radius 1 is 1.26 bits per heavy atom. The molecule has 3 saturated heterocycles. The first-order chi connectivity index (χ1) is 18.2. The number of amides is 2. The molecule has 1 spiro atoms. The van der Waals surface area contributed by atoms with Crippen LogP contribution in [0.15, 0.2) is 43.5 Å². The fourth-order valence-electron chi connectivity index (χ4n) is 6.64. The number of fused-ring (bicyclic) bond motifs is 1. The molecule has 3 heterocycles. The molecule has 1 N–H and O–H groups in total. The smallest absolute Gasteiger partial charge is 0.310 e. The Morgan fingerprint density at radius 2 is 2.03 bits per heavy atom. The van der Waals surface area contributed by atoms with Crippen LogP contribution in [-0.2, 0) is 19.1 Å². The number of ether oxygens (including phenoxy) is 1. The zero-order valence-corrected chi connectivity index (χ0v) is 23.5. The number of thioether (sulfide) groups is 1. The fourth-order valence-corrected chi connectivity index (χ4v) is 9.04. The van der Waals surface area contributed by atoms with E-state index in [2.05, 4.69) is 20.1 Å². The first-order valence-corrected chi connectivity index (χ1v) is 14.5. The van der Waals surface area contributed by atoms with Gasteiger partial charge in [0.15, 0.2) is 0 Å². The normalized spacial score (nSPS) is 29.3. The van der Waals surface area contributed by atoms with E-state index in [4.69, 9.17) is 4.74 Å². The molecule has 3 aliphatic rings. The highest BCUT2D eigenvalue weighted by Gasteiger charge is 2.76. The minimum atomic E-state index is -0.741. The number of unbranched alkanes of at least 4 members (excludes halogenated alkanes) is 1. The molecule has 0 aromatic heterocycles. The van der Waals surface area contributed by atoms with Gasteiger partial charge < -0.3 is 19.6 Å². The van der Waals surface area contributed by atoms with Crippen LogP contribution in [0.3, 0.4) is 0 Å². The van der Waals surface area contributed by atoms with E-state index in [1.54, 1.807) is 33.7 Å². The van der Waals surface area contributed by atoms with E-state index in [1.165, 1.54) is 0 Å². The van der Waals surface area contributed by atoms with Crippen molar-refractivity contribution < 1.29 is 24.2 Å². The average Bonchev–Trinajstić information content (AvgIpc) is 3.48. The molecule has 6 atom stereocenters. The first kappa shape index (κ1) is 28.4. The summed E-state index contributed by atoms with van der Waals surface area (Å²) < 4.78 is 4.92. The molecule has 0 aliphatic carbocycles. The van der Waals surface area contributed by atoms with Gasteiger partial charge in [-0.05, 0) is 62.6 Å². The summed E-state index contributed by atoms with van der Waals surface area (Å²) >= 11 is 1.64. The van der Waals surface area contributed by atoms with Crippen LogP contribution in [-0.4, -0.2) is 70.1 Å². The minimum absolute atomic E-state index is 0.0605. The number of likely N-dealkylation sites (tertiary alicyclic amines) is 1. The molecule has 1 aromatic rings. The summed E-state index contributed by atoms with van der Waals surface area (Å²) in [5.74, 6) is -1.81. The topological polar surface area (TPSA) is 87.2 Å². The third-order valence-corrected chi connectivity index (χ3v) is 10.4. The van der Waals surface area contributed by atoms with Crippen LogP contribution in [0.25, 0.3) is 0 Å². The van der Waals surface area contributed by atoms with E-state index in [9.17, 15) is 19.5 Å². The van der Waals surface area contributed by atoms with Crippen molar-refractivity contribution in [3.63, 3.8) is 0 Å². The maximum Gasteiger partial charge on any atom is 0.310 e. The molecule has 3 fully saturated rings. The summed E-state index contributed by atoms with van der Waals surface area (Å²) in [5, 5.41) is 9.55. The summed E-state index contributed by atoms with van der Waals surface area (Å²) in [6, 6.07) is 5.26. The van der Waals surface area contributed by atoms with Crippen molar-refractivity contribution in [2.75, 3.05) is 31.2 Å². The molecular formula is C30H40N2O5S. The second-order valence-electron chi connectivity index (χ2n) is 10.8. The van der Waals surface area contributed by atoms with Crippen molar-refractivity contribution in [1.82, 2.24) is 4.90 Å². The van der Waals surface area contributed by atoms with Gasteiger partial charge in [-0.25, -0.2) is 0 Å². The lowest BCUT2D eigenvalue weighted by molar-refractivity contribution is -0.154. The highest BCUT2D eigenvalue weighted by molar-refractivity contribution is 8.02. The van der Waals surface area contributed by atoms with Crippen LogP contribution in [0.1, 0.15) is 43.7 Å². The second kappa shape index (κ2) is 11.7. The van der Waals surface area contributed by atoms with Crippen LogP contribution >= 0.6 is 11.8 Å². The summed E-state index contributed by atoms with van der Waals surface area (Å²) in [4.78, 5) is 45.4. The predicted octanol–water partition coefficient (Wildman–Crippen LogP) is 4.05. The molecule has 38 heavy (non-hydrogen) atoms. The lowest BCUT2D eigenvalue weighted by Crippen LogP contribution is -2.57. The molecule has 3 unspecified atom stereocenters. The van der Waals surface area contributed by atoms with Gasteiger partial charge in [0.05, 0.1) is 23.2 Å². The van der Waals surface area contributed by atoms with Gasteiger partial charge in [0, 0.05) is 30.6 Å². The number of esters is 1. The number of hydrogen-bond acceptors (Lipinski definition) is 6. The quantitative estimate of drug-likeness (QED) is 0.245. The standard InChI is InChI=1S/C30H40N2O5S/c1-6-8-9-16-37-29(36)24-23-18-21(5)30(38-23)25(24)27(34)32(14-10-15-33)26(30)28(35)31(13-7-2)22-17-19(3)11-12-20(22)4/h6-7,11-12,17,21,23-26,33H,1-2,8-10,13-16,18H2,3-5H3/t21?,23-,24+,25-,26?,30?/m0/s1. The van der Waals surface area contributed by atoms with Crippen LogP contribution in [0.4, 0.5) is 5.69 Å². The second-order valence-corrected chi connectivity index (χ2v) is 12.3. The molecule has 8 heteroatoms. The third kappa shape index (κ3) is 4.70. The number of carbonyl (C=O) groups excluding carboxylic acids is 3. The number of benzene rings is 1. The summed E-state index contributed by atoms with van der Waals surface area (Å²) in [5.41, 5.74) is 2.79. The van der Waals surface area contributed by atoms with Crippen molar-refractivity contribution in [3.05, 3.63) is 54.6 Å². The Balaban J connectivity index is 1.75. The van der Waals surface area contributed by atoms with E-state index in [1.807, 2.05) is 32.0 Å². The number of nitrogens with zero attached hydrogens (tertiary/aromatic N) is 2. The predicted molar refractivity (Wildman–Crippen MR) is 151 cm³/mol. The molecule has 7 nitrogen and oxygen atoms in total. The number of carbonyl (C=O) groups is 3. The first-order valence-electron chi connectivity index (χ1n) is 13.6. The van der Waals surface area contributed by atoms with Gasteiger partial charge >= 0.3 is 5.97 Å². The average molecular weight is 541 g/mol. The van der Waals surface area contributed by atoms with Crippen LogP contribution in [0.2, 0.25) is 0 Å². The highest BCUT2D eigenvalue weighted by atomic mass is 32.2. The number of rotatable bonds is 12. The van der Waals surface area contributed by atoms with Crippen molar-refractivity contribution >= 4 is 35.2 Å². The Bertz CT molecular complexity index is 1110. The van der Waals surface area contributed by atoms with Crippen molar-refractivity contribution in [2.24, 2.45) is 17.8 Å². The Morgan fingerprint density at radius 3 is 2.71 bits per heavy atom. The summed E-state index contributed by atoms with van der Waals surface area (Å²) in [6.07, 6.45) is 6.05. The van der Waals surface area contributed by atoms with E-state index in [0.29, 0.717) is 26.0 Å². The number of hydrogen-bond donors (Lipinski definition) is 1. The largest absolute Gasteiger partial charge is 0.465 e. The molecule has 2 amide bonds. The van der Waals surface area contributed by atoms with Gasteiger partial charge in [0.1, 0.15) is 6.04 Å². The number of aliphatic hydroxyl groups excluding tert-OH is 1. The van der Waals surface area contributed by atoms with Gasteiger partial charge in [0.2, 0.25) is 5.91 Å². The fraction of sp³-hybridized carbons (Fsp3) is 0.567. The maximum absolute atomic E-state index is 14.6. The lowest BCUT2D eigenvalue weighted by atomic mass is 9.66. The monoisotopic (exact) mass is 540 g/mol. The minimum Gasteiger partial charge on any atom is -0.465 e. The van der Waals surface area contributed by atoms with Gasteiger partial charge in [-0.15, -0.1) is 24.9 Å².